The van der Waals surface area contributed by atoms with E-state index in [9.17, 15) is 0 Å². The van der Waals surface area contributed by atoms with Crippen molar-refractivity contribution in [2.75, 3.05) is 13.2 Å². The van der Waals surface area contributed by atoms with Gasteiger partial charge >= 0.3 is 0 Å². The van der Waals surface area contributed by atoms with Gasteiger partial charge in [-0.05, 0) is 31.5 Å². The maximum Gasteiger partial charge on any atom is 0.162 e. The van der Waals surface area contributed by atoms with E-state index in [0.717, 1.165) is 11.0 Å². The van der Waals surface area contributed by atoms with E-state index in [4.69, 9.17) is 9.47 Å². The van der Waals surface area contributed by atoms with Crippen molar-refractivity contribution >= 4 is 15.9 Å². The summed E-state index contributed by atoms with van der Waals surface area (Å²) in [4.78, 5) is 0. The highest BCUT2D eigenvalue weighted by Gasteiger charge is 2.27. The Morgan fingerprint density at radius 1 is 1.35 bits per heavy atom. The van der Waals surface area contributed by atoms with Gasteiger partial charge in [-0.3, -0.25) is 0 Å². The largest absolute Gasteiger partial charge is 0.349 e. The number of hydrogen-bond acceptors (Lipinski definition) is 3. The summed E-state index contributed by atoms with van der Waals surface area (Å²) < 4.78 is 12.3. The summed E-state index contributed by atoms with van der Waals surface area (Å²) in [5, 5.41) is 3.43. The average Bonchev–Trinajstić information content (AvgIpc) is 2.28. The Morgan fingerprint density at radius 3 is 2.71 bits per heavy atom. The van der Waals surface area contributed by atoms with Crippen LogP contribution in [-0.2, 0) is 16.0 Å². The molecule has 1 aromatic carbocycles. The average molecular weight is 300 g/mol. The molecule has 0 aliphatic carbocycles. The van der Waals surface area contributed by atoms with E-state index >= 15 is 0 Å². The van der Waals surface area contributed by atoms with Crippen LogP contribution in [0.4, 0.5) is 0 Å². The second-order valence-corrected chi connectivity index (χ2v) is 5.65. The van der Waals surface area contributed by atoms with E-state index in [1.807, 2.05) is 26.0 Å². The van der Waals surface area contributed by atoms with Crippen molar-refractivity contribution < 1.29 is 9.47 Å². The van der Waals surface area contributed by atoms with Crippen molar-refractivity contribution in [1.82, 2.24) is 5.32 Å². The first-order valence-electron chi connectivity index (χ1n) is 5.81. The molecule has 1 aromatic rings. The molecule has 1 aliphatic heterocycles. The van der Waals surface area contributed by atoms with Crippen molar-refractivity contribution in [3.05, 3.63) is 34.3 Å². The Morgan fingerprint density at radius 2 is 2.06 bits per heavy atom. The highest BCUT2D eigenvalue weighted by atomic mass is 79.9. The molecular weight excluding hydrogens is 282 g/mol. The van der Waals surface area contributed by atoms with Crippen LogP contribution in [-0.4, -0.2) is 25.0 Å². The van der Waals surface area contributed by atoms with Gasteiger partial charge in [0.1, 0.15) is 0 Å². The van der Waals surface area contributed by atoms with Gasteiger partial charge in [-0.1, -0.05) is 28.1 Å². The molecule has 0 atom stereocenters. The van der Waals surface area contributed by atoms with Crippen molar-refractivity contribution in [3.8, 4) is 0 Å². The molecule has 0 amide bonds. The van der Waals surface area contributed by atoms with Gasteiger partial charge < -0.3 is 14.8 Å². The minimum absolute atomic E-state index is 0.266. The number of hydrogen-bond donors (Lipinski definition) is 1. The van der Waals surface area contributed by atoms with Gasteiger partial charge in [-0.15, -0.1) is 0 Å². The second kappa shape index (κ2) is 5.48. The third-order valence-corrected chi connectivity index (χ3v) is 3.24. The van der Waals surface area contributed by atoms with Crippen LogP contribution in [0.15, 0.2) is 28.7 Å². The lowest BCUT2D eigenvalue weighted by molar-refractivity contribution is -0.253. The normalized spacial score (nSPS) is 20.4. The van der Waals surface area contributed by atoms with Crippen LogP contribution in [0.5, 0.6) is 0 Å². The lowest BCUT2D eigenvalue weighted by atomic mass is 10.2. The predicted octanol–water partition coefficient (Wildman–Crippen LogP) is 2.69. The van der Waals surface area contributed by atoms with E-state index in [1.165, 1.54) is 5.56 Å². The minimum Gasteiger partial charge on any atom is -0.349 e. The van der Waals surface area contributed by atoms with Gasteiger partial charge in [0.05, 0.1) is 19.3 Å². The summed E-state index contributed by atoms with van der Waals surface area (Å²) in [6.07, 6.45) is 0. The highest BCUT2D eigenvalue weighted by Crippen LogP contribution is 2.17. The van der Waals surface area contributed by atoms with Crippen LogP contribution in [0.25, 0.3) is 0 Å². The summed E-state index contributed by atoms with van der Waals surface area (Å²) in [6.45, 7) is 6.11. The fraction of sp³-hybridized carbons (Fsp3) is 0.538. The molecular formula is C13H18BrNO2. The molecule has 94 valence electrons. The summed E-state index contributed by atoms with van der Waals surface area (Å²) in [7, 11) is 0. The molecule has 0 spiro atoms. The van der Waals surface area contributed by atoms with Crippen LogP contribution < -0.4 is 5.32 Å². The van der Waals surface area contributed by atoms with Crippen molar-refractivity contribution in [2.24, 2.45) is 0 Å². The first-order chi connectivity index (χ1) is 8.05. The van der Waals surface area contributed by atoms with Crippen molar-refractivity contribution in [3.63, 3.8) is 0 Å². The molecule has 2 rings (SSSR count). The Kier molecular flexibility index (Phi) is 4.20. The zero-order valence-corrected chi connectivity index (χ0v) is 11.8. The molecule has 1 aliphatic rings. The topological polar surface area (TPSA) is 30.5 Å². The van der Waals surface area contributed by atoms with E-state index < -0.39 is 5.79 Å². The lowest BCUT2D eigenvalue weighted by Crippen LogP contribution is -2.48. The zero-order valence-electron chi connectivity index (χ0n) is 10.2. The van der Waals surface area contributed by atoms with Crippen LogP contribution >= 0.6 is 15.9 Å². The third-order valence-electron chi connectivity index (χ3n) is 2.75. The molecule has 3 nitrogen and oxygen atoms in total. The van der Waals surface area contributed by atoms with Gasteiger partial charge in [0, 0.05) is 11.0 Å². The smallest absolute Gasteiger partial charge is 0.162 e. The molecule has 0 bridgehead atoms. The molecule has 1 heterocycles. The monoisotopic (exact) mass is 299 g/mol. The van der Waals surface area contributed by atoms with Gasteiger partial charge in [-0.25, -0.2) is 0 Å². The lowest BCUT2D eigenvalue weighted by Gasteiger charge is -2.35. The van der Waals surface area contributed by atoms with Crippen LogP contribution in [0.3, 0.4) is 0 Å². The molecule has 1 fully saturated rings. The van der Waals surface area contributed by atoms with Crippen molar-refractivity contribution in [1.29, 1.82) is 0 Å². The summed E-state index contributed by atoms with van der Waals surface area (Å²) in [5.41, 5.74) is 1.25. The Balaban J connectivity index is 1.80. The van der Waals surface area contributed by atoms with E-state index in [2.05, 4.69) is 33.4 Å². The SMILES string of the molecule is CC1(C)OCC(NCc2cccc(Br)c2)CO1. The van der Waals surface area contributed by atoms with Gasteiger partial charge in [0.2, 0.25) is 0 Å². The van der Waals surface area contributed by atoms with Crippen molar-refractivity contribution in [2.45, 2.75) is 32.2 Å². The molecule has 0 aromatic heterocycles. The van der Waals surface area contributed by atoms with Gasteiger partial charge in [0.15, 0.2) is 5.79 Å². The number of nitrogens with one attached hydrogen (secondary N) is 1. The molecule has 17 heavy (non-hydrogen) atoms. The van der Waals surface area contributed by atoms with Crippen LogP contribution in [0, 0.1) is 0 Å². The number of ether oxygens (including phenoxy) is 2. The van der Waals surface area contributed by atoms with Crippen LogP contribution in [0.2, 0.25) is 0 Å². The minimum atomic E-state index is -0.437. The van der Waals surface area contributed by atoms with Crippen LogP contribution in [0.1, 0.15) is 19.4 Å². The zero-order chi connectivity index (χ0) is 12.3. The van der Waals surface area contributed by atoms with Gasteiger partial charge in [0.25, 0.3) is 0 Å². The summed E-state index contributed by atoms with van der Waals surface area (Å²) in [6, 6.07) is 8.55. The predicted molar refractivity (Wildman–Crippen MR) is 70.8 cm³/mol. The Labute approximate surface area is 111 Å². The maximum absolute atomic E-state index is 5.60. The van der Waals surface area contributed by atoms with Gasteiger partial charge in [-0.2, -0.15) is 0 Å². The first kappa shape index (κ1) is 13.0. The molecule has 0 radical (unpaired) electrons. The number of halogens is 1. The molecule has 1 saturated heterocycles. The Bertz CT molecular complexity index is 371. The molecule has 0 saturated carbocycles. The number of benzene rings is 1. The summed E-state index contributed by atoms with van der Waals surface area (Å²) >= 11 is 3.47. The third kappa shape index (κ3) is 4.07. The maximum atomic E-state index is 5.60. The quantitative estimate of drug-likeness (QED) is 0.931. The van der Waals surface area contributed by atoms with E-state index in [0.29, 0.717) is 13.2 Å². The highest BCUT2D eigenvalue weighted by molar-refractivity contribution is 9.10. The standard InChI is InChI=1S/C13H18BrNO2/c1-13(2)16-8-12(9-17-13)15-7-10-4-3-5-11(14)6-10/h3-6,12,15H,7-9H2,1-2H3. The second-order valence-electron chi connectivity index (χ2n) is 4.73. The molecule has 1 N–H and O–H groups in total. The first-order valence-corrected chi connectivity index (χ1v) is 6.60. The number of rotatable bonds is 3. The van der Waals surface area contributed by atoms with E-state index in [1.54, 1.807) is 0 Å². The van der Waals surface area contributed by atoms with E-state index in [-0.39, 0.29) is 6.04 Å². The summed E-state index contributed by atoms with van der Waals surface area (Å²) in [5.74, 6) is -0.437. The molecule has 0 unspecified atom stereocenters. The fourth-order valence-electron chi connectivity index (χ4n) is 1.72. The Hall–Kier alpha value is -0.420. The fourth-order valence-corrected chi connectivity index (χ4v) is 2.17. The molecule has 4 heteroatoms.